The van der Waals surface area contributed by atoms with Crippen molar-refractivity contribution < 1.29 is 8.42 Å². The summed E-state index contributed by atoms with van der Waals surface area (Å²) < 4.78 is 22.3. The smallest absolute Gasteiger partial charge is 0.240 e. The highest BCUT2D eigenvalue weighted by Crippen LogP contribution is 2.25. The standard InChI is InChI=1S/C9H13N3O2S/c1-2-6-12-7-4-3-5-8(9(7)10)15(11,13)14/h2-5,12H,1,6,10H2,(H2,11,13,14). The Hall–Kier alpha value is -1.53. The molecule has 1 aromatic carbocycles. The van der Waals surface area contributed by atoms with Crippen LogP contribution in [-0.4, -0.2) is 15.0 Å². The van der Waals surface area contributed by atoms with Crippen LogP contribution in [0.25, 0.3) is 0 Å². The maximum Gasteiger partial charge on any atom is 0.240 e. The monoisotopic (exact) mass is 227 g/mol. The summed E-state index contributed by atoms with van der Waals surface area (Å²) in [5.74, 6) is 0. The van der Waals surface area contributed by atoms with E-state index in [4.69, 9.17) is 10.9 Å². The first kappa shape index (κ1) is 11.5. The number of hydrogen-bond donors (Lipinski definition) is 3. The molecule has 0 radical (unpaired) electrons. The molecule has 1 rings (SSSR count). The van der Waals surface area contributed by atoms with Crippen LogP contribution in [0.4, 0.5) is 11.4 Å². The summed E-state index contributed by atoms with van der Waals surface area (Å²) in [6.45, 7) is 4.03. The number of primary sulfonamides is 1. The fraction of sp³-hybridized carbons (Fsp3) is 0.111. The summed E-state index contributed by atoms with van der Waals surface area (Å²) in [4.78, 5) is -0.0726. The van der Waals surface area contributed by atoms with E-state index in [1.807, 2.05) is 0 Å². The van der Waals surface area contributed by atoms with Crippen LogP contribution in [0.2, 0.25) is 0 Å². The van der Waals surface area contributed by atoms with Crippen LogP contribution in [0.3, 0.4) is 0 Å². The van der Waals surface area contributed by atoms with Gasteiger partial charge in [0.25, 0.3) is 0 Å². The maximum atomic E-state index is 11.1. The molecule has 0 amide bonds. The van der Waals surface area contributed by atoms with Crippen molar-refractivity contribution in [3.05, 3.63) is 30.9 Å². The largest absolute Gasteiger partial charge is 0.396 e. The van der Waals surface area contributed by atoms with Crippen molar-refractivity contribution in [1.82, 2.24) is 0 Å². The lowest BCUT2D eigenvalue weighted by Crippen LogP contribution is -2.15. The van der Waals surface area contributed by atoms with Crippen molar-refractivity contribution in [2.45, 2.75) is 4.90 Å². The van der Waals surface area contributed by atoms with Crippen LogP contribution in [0.15, 0.2) is 35.7 Å². The number of para-hydroxylation sites is 1. The first-order valence-electron chi connectivity index (χ1n) is 4.23. The summed E-state index contributed by atoms with van der Waals surface area (Å²) >= 11 is 0. The third kappa shape index (κ3) is 2.71. The quantitative estimate of drug-likeness (QED) is 0.515. The van der Waals surface area contributed by atoms with Gasteiger partial charge in [0.1, 0.15) is 4.90 Å². The van der Waals surface area contributed by atoms with Crippen molar-refractivity contribution in [3.63, 3.8) is 0 Å². The average Bonchev–Trinajstić information content (AvgIpc) is 2.14. The Morgan fingerprint density at radius 3 is 2.67 bits per heavy atom. The molecule has 0 saturated heterocycles. The van der Waals surface area contributed by atoms with E-state index in [-0.39, 0.29) is 10.6 Å². The number of rotatable bonds is 4. The lowest BCUT2D eigenvalue weighted by atomic mass is 10.2. The number of sulfonamides is 1. The van der Waals surface area contributed by atoms with Gasteiger partial charge in [0.05, 0.1) is 11.4 Å². The van der Waals surface area contributed by atoms with Crippen LogP contribution in [0.5, 0.6) is 0 Å². The highest BCUT2D eigenvalue weighted by Gasteiger charge is 2.13. The second kappa shape index (κ2) is 4.33. The van der Waals surface area contributed by atoms with Gasteiger partial charge in [-0.3, -0.25) is 0 Å². The van der Waals surface area contributed by atoms with E-state index < -0.39 is 10.0 Å². The molecule has 0 spiro atoms. The molecule has 0 aromatic heterocycles. The number of hydrogen-bond acceptors (Lipinski definition) is 4. The Morgan fingerprint density at radius 1 is 1.47 bits per heavy atom. The molecule has 0 saturated carbocycles. The zero-order valence-corrected chi connectivity index (χ0v) is 8.92. The first-order chi connectivity index (χ1) is 6.96. The Bertz CT molecular complexity index is 468. The number of nitrogens with two attached hydrogens (primary N) is 2. The highest BCUT2D eigenvalue weighted by molar-refractivity contribution is 7.89. The zero-order valence-electron chi connectivity index (χ0n) is 8.10. The van der Waals surface area contributed by atoms with Gasteiger partial charge in [0, 0.05) is 6.54 Å². The zero-order chi connectivity index (χ0) is 11.5. The molecule has 6 heteroatoms. The third-order valence-electron chi connectivity index (χ3n) is 1.81. The molecule has 82 valence electrons. The van der Waals surface area contributed by atoms with Crippen LogP contribution >= 0.6 is 0 Å². The molecule has 15 heavy (non-hydrogen) atoms. The van der Waals surface area contributed by atoms with E-state index in [2.05, 4.69) is 11.9 Å². The highest BCUT2D eigenvalue weighted by atomic mass is 32.2. The molecule has 0 bridgehead atoms. The van der Waals surface area contributed by atoms with Gasteiger partial charge in [0.2, 0.25) is 10.0 Å². The molecule has 0 aliphatic carbocycles. The van der Waals surface area contributed by atoms with Gasteiger partial charge in [-0.2, -0.15) is 0 Å². The van der Waals surface area contributed by atoms with Gasteiger partial charge in [-0.15, -0.1) is 6.58 Å². The summed E-state index contributed by atoms with van der Waals surface area (Å²) in [6.07, 6.45) is 1.64. The topological polar surface area (TPSA) is 98.2 Å². The van der Waals surface area contributed by atoms with Crippen molar-refractivity contribution in [2.75, 3.05) is 17.6 Å². The summed E-state index contributed by atoms with van der Waals surface area (Å²) in [5.41, 5.74) is 6.31. The fourth-order valence-electron chi connectivity index (χ4n) is 1.13. The van der Waals surface area contributed by atoms with Crippen molar-refractivity contribution >= 4 is 21.4 Å². The van der Waals surface area contributed by atoms with Crippen molar-refractivity contribution in [2.24, 2.45) is 5.14 Å². The Balaban J connectivity index is 3.17. The van der Waals surface area contributed by atoms with Crippen LogP contribution < -0.4 is 16.2 Å². The van der Waals surface area contributed by atoms with E-state index in [0.29, 0.717) is 12.2 Å². The average molecular weight is 227 g/mol. The Labute approximate surface area is 88.8 Å². The van der Waals surface area contributed by atoms with Crippen LogP contribution in [0, 0.1) is 0 Å². The minimum atomic E-state index is -3.77. The molecule has 1 aromatic rings. The molecular weight excluding hydrogens is 214 g/mol. The van der Waals surface area contributed by atoms with Gasteiger partial charge in [-0.25, -0.2) is 13.6 Å². The normalized spacial score (nSPS) is 11.0. The second-order valence-electron chi connectivity index (χ2n) is 2.93. The molecule has 0 fully saturated rings. The molecule has 0 aliphatic heterocycles. The molecule has 0 heterocycles. The summed E-state index contributed by atoms with van der Waals surface area (Å²) in [5, 5.41) is 7.91. The van der Waals surface area contributed by atoms with Gasteiger partial charge >= 0.3 is 0 Å². The molecule has 5 N–H and O–H groups in total. The molecule has 0 aliphatic rings. The predicted octanol–water partition coefficient (Wildman–Crippen LogP) is 0.514. The number of nitrogen functional groups attached to an aromatic ring is 1. The van der Waals surface area contributed by atoms with Gasteiger partial charge in [-0.1, -0.05) is 12.1 Å². The minimum Gasteiger partial charge on any atom is -0.396 e. The number of benzene rings is 1. The lowest BCUT2D eigenvalue weighted by molar-refractivity contribution is 0.598. The summed E-state index contributed by atoms with van der Waals surface area (Å²) in [7, 11) is -3.77. The van der Waals surface area contributed by atoms with E-state index >= 15 is 0 Å². The second-order valence-corrected chi connectivity index (χ2v) is 4.46. The minimum absolute atomic E-state index is 0.0726. The van der Waals surface area contributed by atoms with Crippen LogP contribution in [-0.2, 0) is 10.0 Å². The number of anilines is 2. The molecule has 0 atom stereocenters. The Morgan fingerprint density at radius 2 is 2.13 bits per heavy atom. The summed E-state index contributed by atoms with van der Waals surface area (Å²) in [6, 6.07) is 4.61. The van der Waals surface area contributed by atoms with Gasteiger partial charge in [0.15, 0.2) is 0 Å². The van der Waals surface area contributed by atoms with Gasteiger partial charge in [-0.05, 0) is 12.1 Å². The molecular formula is C9H13N3O2S. The predicted molar refractivity (Wildman–Crippen MR) is 60.9 cm³/mol. The lowest BCUT2D eigenvalue weighted by Gasteiger charge is -2.10. The molecule has 5 nitrogen and oxygen atoms in total. The van der Waals surface area contributed by atoms with Gasteiger partial charge < -0.3 is 11.1 Å². The van der Waals surface area contributed by atoms with E-state index in [0.717, 1.165) is 0 Å². The first-order valence-corrected chi connectivity index (χ1v) is 5.77. The SMILES string of the molecule is C=CCNc1cccc(S(N)(=O)=O)c1N. The third-order valence-corrected chi connectivity index (χ3v) is 2.78. The fourth-order valence-corrected chi connectivity index (χ4v) is 1.81. The van der Waals surface area contributed by atoms with E-state index in [1.54, 1.807) is 18.2 Å². The van der Waals surface area contributed by atoms with Crippen LogP contribution in [0.1, 0.15) is 0 Å². The number of nitrogens with one attached hydrogen (secondary N) is 1. The molecule has 0 unspecified atom stereocenters. The van der Waals surface area contributed by atoms with E-state index in [9.17, 15) is 8.42 Å². The van der Waals surface area contributed by atoms with Crippen molar-refractivity contribution in [3.8, 4) is 0 Å². The van der Waals surface area contributed by atoms with Crippen molar-refractivity contribution in [1.29, 1.82) is 0 Å². The Kier molecular flexibility index (Phi) is 3.33. The van der Waals surface area contributed by atoms with E-state index in [1.165, 1.54) is 6.07 Å². The maximum absolute atomic E-state index is 11.1.